The lowest BCUT2D eigenvalue weighted by atomic mass is 10.0. The first-order chi connectivity index (χ1) is 10.1. The monoisotopic (exact) mass is 296 g/mol. The maximum absolute atomic E-state index is 12.1. The molecule has 5 heteroatoms. The van der Waals surface area contributed by atoms with Gasteiger partial charge in [-0.05, 0) is 45.6 Å². The van der Waals surface area contributed by atoms with E-state index in [1.54, 1.807) is 0 Å². The molecule has 2 heterocycles. The van der Waals surface area contributed by atoms with Crippen molar-refractivity contribution in [3.05, 3.63) is 0 Å². The van der Waals surface area contributed by atoms with Gasteiger partial charge in [0, 0.05) is 38.0 Å². The van der Waals surface area contributed by atoms with Crippen LogP contribution in [0.5, 0.6) is 0 Å². The Morgan fingerprint density at radius 3 is 2.38 bits per heavy atom. The zero-order valence-electron chi connectivity index (χ0n) is 13.3. The second-order valence-electron chi connectivity index (χ2n) is 6.27. The molecule has 0 spiro atoms. The number of rotatable bonds is 5. The van der Waals surface area contributed by atoms with Gasteiger partial charge in [-0.15, -0.1) is 0 Å². The molecule has 0 unspecified atom stereocenters. The molecule has 2 rings (SSSR count). The average molecular weight is 296 g/mol. The highest BCUT2D eigenvalue weighted by Gasteiger charge is 2.31. The van der Waals surface area contributed by atoms with E-state index in [9.17, 15) is 9.59 Å². The van der Waals surface area contributed by atoms with Crippen molar-refractivity contribution in [1.29, 1.82) is 0 Å². The number of hydrogen-bond acceptors (Lipinski definition) is 4. The maximum atomic E-state index is 12.1. The summed E-state index contributed by atoms with van der Waals surface area (Å²) < 4.78 is 4.59. The number of amides is 1. The first kappa shape index (κ1) is 16.3. The third-order valence-corrected chi connectivity index (χ3v) is 4.89. The smallest absolute Gasteiger partial charge is 0.305 e. The SMILES string of the molecule is COC(=O)CCCC(=O)N1CCC(N2CCC[C@@H]2C)CC1. The van der Waals surface area contributed by atoms with Gasteiger partial charge in [0.15, 0.2) is 0 Å². The standard InChI is InChI=1S/C16H28N2O3/c1-13-5-4-10-18(13)14-8-11-17(12-9-14)15(19)6-3-7-16(20)21-2/h13-14H,3-12H2,1-2H3/t13-/m0/s1. The van der Waals surface area contributed by atoms with E-state index < -0.39 is 0 Å². The highest BCUT2D eigenvalue weighted by Crippen LogP contribution is 2.25. The van der Waals surface area contributed by atoms with Crippen molar-refractivity contribution in [2.75, 3.05) is 26.7 Å². The van der Waals surface area contributed by atoms with Crippen LogP contribution in [-0.2, 0) is 14.3 Å². The number of carbonyl (C=O) groups excluding carboxylic acids is 2. The van der Waals surface area contributed by atoms with Gasteiger partial charge in [-0.25, -0.2) is 0 Å². The molecule has 0 N–H and O–H groups in total. The summed E-state index contributed by atoms with van der Waals surface area (Å²) in [5, 5.41) is 0. The van der Waals surface area contributed by atoms with Crippen molar-refractivity contribution < 1.29 is 14.3 Å². The van der Waals surface area contributed by atoms with E-state index in [4.69, 9.17) is 0 Å². The van der Waals surface area contributed by atoms with Crippen LogP contribution in [0.2, 0.25) is 0 Å². The molecule has 1 amide bonds. The lowest BCUT2D eigenvalue weighted by Crippen LogP contribution is -2.47. The Kier molecular flexibility index (Phi) is 6.03. The Bertz CT molecular complexity index is 365. The minimum atomic E-state index is -0.232. The van der Waals surface area contributed by atoms with Gasteiger partial charge in [0.05, 0.1) is 7.11 Å². The zero-order valence-corrected chi connectivity index (χ0v) is 13.3. The number of ether oxygens (including phenoxy) is 1. The summed E-state index contributed by atoms with van der Waals surface area (Å²) >= 11 is 0. The largest absolute Gasteiger partial charge is 0.469 e. The zero-order chi connectivity index (χ0) is 15.2. The molecular weight excluding hydrogens is 268 g/mol. The molecule has 0 aromatic carbocycles. The van der Waals surface area contributed by atoms with Gasteiger partial charge in [-0.3, -0.25) is 14.5 Å². The van der Waals surface area contributed by atoms with Gasteiger partial charge in [-0.1, -0.05) is 0 Å². The van der Waals surface area contributed by atoms with Crippen LogP contribution < -0.4 is 0 Å². The fourth-order valence-corrected chi connectivity index (χ4v) is 3.59. The third kappa shape index (κ3) is 4.43. The predicted molar refractivity (Wildman–Crippen MR) is 80.9 cm³/mol. The number of likely N-dealkylation sites (tertiary alicyclic amines) is 2. The molecule has 2 saturated heterocycles. The van der Waals surface area contributed by atoms with Crippen molar-refractivity contribution in [3.8, 4) is 0 Å². The van der Waals surface area contributed by atoms with Gasteiger partial charge in [0.1, 0.15) is 0 Å². The lowest BCUT2D eigenvalue weighted by Gasteiger charge is -2.38. The summed E-state index contributed by atoms with van der Waals surface area (Å²) in [6, 6.07) is 1.36. The molecule has 2 aliphatic heterocycles. The number of esters is 1. The van der Waals surface area contributed by atoms with E-state index in [2.05, 4.69) is 16.6 Å². The van der Waals surface area contributed by atoms with E-state index in [0.29, 0.717) is 31.3 Å². The molecule has 0 bridgehead atoms. The van der Waals surface area contributed by atoms with Crippen LogP contribution in [0.4, 0.5) is 0 Å². The molecule has 2 fully saturated rings. The molecule has 0 radical (unpaired) electrons. The van der Waals surface area contributed by atoms with Crippen LogP contribution in [0.15, 0.2) is 0 Å². The summed E-state index contributed by atoms with van der Waals surface area (Å²) in [6.07, 6.45) is 6.19. The Hall–Kier alpha value is -1.10. The average Bonchev–Trinajstić information content (AvgIpc) is 2.93. The third-order valence-electron chi connectivity index (χ3n) is 4.89. The minimum Gasteiger partial charge on any atom is -0.469 e. The van der Waals surface area contributed by atoms with Gasteiger partial charge >= 0.3 is 5.97 Å². The topological polar surface area (TPSA) is 49.9 Å². The molecule has 5 nitrogen and oxygen atoms in total. The van der Waals surface area contributed by atoms with E-state index in [1.165, 1.54) is 26.5 Å². The van der Waals surface area contributed by atoms with Crippen LogP contribution >= 0.6 is 0 Å². The normalized spacial score (nSPS) is 24.3. The number of nitrogens with zero attached hydrogens (tertiary/aromatic N) is 2. The minimum absolute atomic E-state index is 0.187. The fourth-order valence-electron chi connectivity index (χ4n) is 3.59. The molecule has 0 saturated carbocycles. The quantitative estimate of drug-likeness (QED) is 0.726. The molecule has 2 aliphatic rings. The van der Waals surface area contributed by atoms with Gasteiger partial charge in [0.2, 0.25) is 5.91 Å². The Morgan fingerprint density at radius 1 is 1.10 bits per heavy atom. The second-order valence-corrected chi connectivity index (χ2v) is 6.27. The molecule has 0 aliphatic carbocycles. The van der Waals surface area contributed by atoms with Crippen LogP contribution in [-0.4, -0.2) is 60.5 Å². The predicted octanol–water partition coefficient (Wildman–Crippen LogP) is 1.80. The molecule has 0 aromatic heterocycles. The number of methoxy groups -OCH3 is 1. The van der Waals surface area contributed by atoms with Crippen molar-refractivity contribution in [2.24, 2.45) is 0 Å². The highest BCUT2D eigenvalue weighted by atomic mass is 16.5. The van der Waals surface area contributed by atoms with Crippen molar-refractivity contribution in [1.82, 2.24) is 9.80 Å². The van der Waals surface area contributed by atoms with Crippen molar-refractivity contribution in [2.45, 2.75) is 64.0 Å². The molecule has 0 aromatic rings. The molecule has 1 atom stereocenters. The fraction of sp³-hybridized carbons (Fsp3) is 0.875. The van der Waals surface area contributed by atoms with Crippen LogP contribution in [0.1, 0.15) is 51.9 Å². The number of piperidine rings is 1. The number of carbonyl (C=O) groups is 2. The summed E-state index contributed by atoms with van der Waals surface area (Å²) in [4.78, 5) is 27.7. The van der Waals surface area contributed by atoms with Gasteiger partial charge < -0.3 is 9.64 Å². The maximum Gasteiger partial charge on any atom is 0.305 e. The Labute approximate surface area is 127 Å². The summed E-state index contributed by atoms with van der Waals surface area (Å²) in [5.41, 5.74) is 0. The van der Waals surface area contributed by atoms with E-state index in [1.807, 2.05) is 4.90 Å². The summed E-state index contributed by atoms with van der Waals surface area (Å²) in [6.45, 7) is 5.27. The summed E-state index contributed by atoms with van der Waals surface area (Å²) in [5.74, 6) is -0.0450. The van der Waals surface area contributed by atoms with Gasteiger partial charge in [0.25, 0.3) is 0 Å². The van der Waals surface area contributed by atoms with Crippen LogP contribution in [0, 0.1) is 0 Å². The second kappa shape index (κ2) is 7.78. The lowest BCUT2D eigenvalue weighted by molar-refractivity contribution is -0.141. The van der Waals surface area contributed by atoms with Gasteiger partial charge in [-0.2, -0.15) is 0 Å². The molecular formula is C16H28N2O3. The Balaban J connectivity index is 1.68. The van der Waals surface area contributed by atoms with Crippen LogP contribution in [0.3, 0.4) is 0 Å². The first-order valence-corrected chi connectivity index (χ1v) is 8.22. The first-order valence-electron chi connectivity index (χ1n) is 8.22. The van der Waals surface area contributed by atoms with E-state index in [0.717, 1.165) is 25.9 Å². The highest BCUT2D eigenvalue weighted by molar-refractivity contribution is 5.77. The molecule has 120 valence electrons. The number of hydrogen-bond donors (Lipinski definition) is 0. The van der Waals surface area contributed by atoms with E-state index >= 15 is 0 Å². The van der Waals surface area contributed by atoms with Crippen LogP contribution in [0.25, 0.3) is 0 Å². The Morgan fingerprint density at radius 2 is 1.81 bits per heavy atom. The van der Waals surface area contributed by atoms with E-state index in [-0.39, 0.29) is 11.9 Å². The van der Waals surface area contributed by atoms with Crippen molar-refractivity contribution >= 4 is 11.9 Å². The molecule has 21 heavy (non-hydrogen) atoms. The van der Waals surface area contributed by atoms with Crippen molar-refractivity contribution in [3.63, 3.8) is 0 Å². The summed E-state index contributed by atoms with van der Waals surface area (Å²) in [7, 11) is 1.38.